The third-order valence-corrected chi connectivity index (χ3v) is 6.98. The van der Waals surface area contributed by atoms with Crippen molar-refractivity contribution in [1.82, 2.24) is 14.9 Å². The molecular formula is C19H20ClN5O2S. The fourth-order valence-electron chi connectivity index (χ4n) is 3.85. The zero-order valence-corrected chi connectivity index (χ0v) is 17.1. The summed E-state index contributed by atoms with van der Waals surface area (Å²) < 4.78 is 0. The highest BCUT2D eigenvalue weighted by atomic mass is 35.5. The van der Waals surface area contributed by atoms with E-state index >= 15 is 0 Å². The molecule has 0 aromatic carbocycles. The molecule has 0 spiro atoms. The van der Waals surface area contributed by atoms with Crippen molar-refractivity contribution >= 4 is 45.7 Å². The highest BCUT2D eigenvalue weighted by Gasteiger charge is 2.39. The average Bonchev–Trinajstić information content (AvgIpc) is 3.44. The number of fused-ring (bicyclic) bond motifs is 3. The predicted octanol–water partition coefficient (Wildman–Crippen LogP) is 2.58. The van der Waals surface area contributed by atoms with E-state index in [0.717, 1.165) is 53.4 Å². The van der Waals surface area contributed by atoms with Gasteiger partial charge >= 0.3 is 0 Å². The normalized spacial score (nSPS) is 19.6. The lowest BCUT2D eigenvalue weighted by Gasteiger charge is -2.27. The van der Waals surface area contributed by atoms with Crippen molar-refractivity contribution in [2.45, 2.75) is 25.8 Å². The number of hydrogen-bond donors (Lipinski definition) is 0. The maximum absolute atomic E-state index is 13.1. The number of likely N-dealkylation sites (N-methyl/N-ethyl adjacent to an activating group) is 1. The number of aromatic nitrogens is 2. The monoisotopic (exact) mass is 417 g/mol. The molecule has 2 amide bonds. The smallest absolute Gasteiger partial charge is 0.257 e. The minimum Gasteiger partial charge on any atom is -0.335 e. The van der Waals surface area contributed by atoms with Crippen LogP contribution in [0.25, 0.3) is 0 Å². The largest absolute Gasteiger partial charge is 0.335 e. The van der Waals surface area contributed by atoms with Crippen molar-refractivity contribution < 1.29 is 9.59 Å². The summed E-state index contributed by atoms with van der Waals surface area (Å²) in [5, 5.41) is 1.34. The van der Waals surface area contributed by atoms with Crippen LogP contribution in [0.4, 0.5) is 10.9 Å². The van der Waals surface area contributed by atoms with Gasteiger partial charge in [0, 0.05) is 25.0 Å². The Kier molecular flexibility index (Phi) is 4.28. The molecule has 1 fully saturated rings. The van der Waals surface area contributed by atoms with Crippen LogP contribution in [-0.2, 0) is 17.8 Å². The molecule has 1 saturated carbocycles. The molecule has 0 atom stereocenters. The van der Waals surface area contributed by atoms with E-state index in [4.69, 9.17) is 11.6 Å². The summed E-state index contributed by atoms with van der Waals surface area (Å²) in [5.74, 6) is 1.16. The Morgan fingerprint density at radius 1 is 1.21 bits per heavy atom. The Morgan fingerprint density at radius 2 is 1.96 bits per heavy atom. The summed E-state index contributed by atoms with van der Waals surface area (Å²) in [6, 6.07) is 0. The minimum atomic E-state index is -0.0460. The Hall–Kier alpha value is -2.19. The number of rotatable bonds is 3. The molecule has 3 aliphatic rings. The third-order valence-electron chi connectivity index (χ3n) is 5.54. The highest BCUT2D eigenvalue weighted by Crippen LogP contribution is 2.43. The van der Waals surface area contributed by atoms with Crippen LogP contribution in [0.5, 0.6) is 0 Å². The van der Waals surface area contributed by atoms with Crippen molar-refractivity contribution in [1.29, 1.82) is 0 Å². The predicted molar refractivity (Wildman–Crippen MR) is 108 cm³/mol. The molecule has 0 radical (unpaired) electrons. The third kappa shape index (κ3) is 3.04. The van der Waals surface area contributed by atoms with Crippen LogP contribution in [0.1, 0.15) is 33.6 Å². The second kappa shape index (κ2) is 6.70. The maximum atomic E-state index is 13.1. The summed E-state index contributed by atoms with van der Waals surface area (Å²) in [6.07, 6.45) is 6.25. The zero-order valence-electron chi connectivity index (χ0n) is 15.5. The molecule has 2 aromatic heterocycles. The topological polar surface area (TPSA) is 69.6 Å². The second-order valence-corrected chi connectivity index (χ2v) is 9.19. The number of halogens is 1. The van der Waals surface area contributed by atoms with E-state index in [9.17, 15) is 9.59 Å². The molecule has 1 aliphatic carbocycles. The number of hydrogen-bond acceptors (Lipinski definition) is 6. The van der Waals surface area contributed by atoms with E-state index in [1.807, 2.05) is 4.90 Å². The molecule has 0 unspecified atom stereocenters. The highest BCUT2D eigenvalue weighted by molar-refractivity contribution is 7.17. The van der Waals surface area contributed by atoms with Gasteiger partial charge in [-0.1, -0.05) is 11.6 Å². The minimum absolute atomic E-state index is 0.0120. The second-order valence-electron chi connectivity index (χ2n) is 7.67. The van der Waals surface area contributed by atoms with Crippen LogP contribution in [0.2, 0.25) is 5.02 Å². The quantitative estimate of drug-likeness (QED) is 0.767. The molecule has 28 heavy (non-hydrogen) atoms. The molecule has 4 heterocycles. The molecule has 7 nitrogen and oxygen atoms in total. The van der Waals surface area contributed by atoms with Crippen molar-refractivity contribution in [2.24, 2.45) is 5.92 Å². The molecule has 146 valence electrons. The summed E-state index contributed by atoms with van der Waals surface area (Å²) in [7, 11) is 1.71. The van der Waals surface area contributed by atoms with Crippen molar-refractivity contribution in [3.8, 4) is 0 Å². The SMILES string of the molecule is CN1CC(=O)N(CC2CC2)c2sc3c(c2C1=O)CCN(c1ncc(Cl)cn1)C3. The van der Waals surface area contributed by atoms with Crippen molar-refractivity contribution in [3.63, 3.8) is 0 Å². The summed E-state index contributed by atoms with van der Waals surface area (Å²) in [6.45, 7) is 2.23. The van der Waals surface area contributed by atoms with Gasteiger partial charge < -0.3 is 14.7 Å². The number of thiophene rings is 1. The van der Waals surface area contributed by atoms with Gasteiger partial charge in [0.05, 0.1) is 29.5 Å². The lowest BCUT2D eigenvalue weighted by molar-refractivity contribution is -0.119. The number of amides is 2. The number of carbonyl (C=O) groups is 2. The van der Waals surface area contributed by atoms with E-state index in [0.29, 0.717) is 23.4 Å². The lowest BCUT2D eigenvalue weighted by atomic mass is 10.0. The maximum Gasteiger partial charge on any atom is 0.257 e. The van der Waals surface area contributed by atoms with Crippen molar-refractivity contribution in [3.05, 3.63) is 33.4 Å². The molecule has 2 aliphatic heterocycles. The van der Waals surface area contributed by atoms with Gasteiger partial charge in [-0.3, -0.25) is 9.59 Å². The van der Waals surface area contributed by atoms with Gasteiger partial charge in [0.25, 0.3) is 5.91 Å². The van der Waals surface area contributed by atoms with Gasteiger partial charge in [-0.2, -0.15) is 0 Å². The van der Waals surface area contributed by atoms with Crippen LogP contribution < -0.4 is 9.80 Å². The van der Waals surface area contributed by atoms with Gasteiger partial charge in [0.1, 0.15) is 11.5 Å². The Balaban J connectivity index is 1.52. The summed E-state index contributed by atoms with van der Waals surface area (Å²) >= 11 is 7.48. The van der Waals surface area contributed by atoms with Crippen LogP contribution >= 0.6 is 22.9 Å². The Labute approximate surface area is 171 Å². The van der Waals surface area contributed by atoms with Crippen LogP contribution in [0.3, 0.4) is 0 Å². The fraction of sp³-hybridized carbons (Fsp3) is 0.474. The average molecular weight is 418 g/mol. The molecule has 2 aromatic rings. The van der Waals surface area contributed by atoms with Gasteiger partial charge in [0.15, 0.2) is 0 Å². The Morgan fingerprint density at radius 3 is 2.68 bits per heavy atom. The standard InChI is InChI=1S/C19H20ClN5O2S/c1-23-10-15(26)25(8-11-2-3-11)18-16(17(23)27)13-4-5-24(9-14(13)28-18)19-21-6-12(20)7-22-19/h6-7,11H,2-5,8-10H2,1H3. The van der Waals surface area contributed by atoms with Gasteiger partial charge in [0.2, 0.25) is 11.9 Å². The van der Waals surface area contributed by atoms with E-state index in [-0.39, 0.29) is 18.4 Å². The molecular weight excluding hydrogens is 398 g/mol. The molecule has 9 heteroatoms. The molecule has 5 rings (SSSR count). The number of nitrogens with zero attached hydrogens (tertiary/aromatic N) is 5. The van der Waals surface area contributed by atoms with Crippen LogP contribution in [0.15, 0.2) is 12.4 Å². The first-order chi connectivity index (χ1) is 13.5. The van der Waals surface area contributed by atoms with E-state index < -0.39 is 0 Å². The summed E-state index contributed by atoms with van der Waals surface area (Å²) in [5.41, 5.74) is 1.81. The molecule has 0 bridgehead atoms. The van der Waals surface area contributed by atoms with Crippen LogP contribution in [0, 0.1) is 5.92 Å². The zero-order chi connectivity index (χ0) is 19.4. The first kappa shape index (κ1) is 17.9. The van der Waals surface area contributed by atoms with E-state index in [1.165, 1.54) is 0 Å². The first-order valence-corrected chi connectivity index (χ1v) is 10.6. The van der Waals surface area contributed by atoms with Gasteiger partial charge in [-0.15, -0.1) is 11.3 Å². The number of anilines is 2. The fourth-order valence-corrected chi connectivity index (χ4v) is 5.32. The Bertz CT molecular complexity index is 956. The van der Waals surface area contributed by atoms with Gasteiger partial charge in [-0.25, -0.2) is 9.97 Å². The van der Waals surface area contributed by atoms with E-state index in [2.05, 4.69) is 14.9 Å². The molecule has 0 saturated heterocycles. The van der Waals surface area contributed by atoms with Crippen LogP contribution in [-0.4, -0.2) is 53.4 Å². The number of carbonyl (C=O) groups excluding carboxylic acids is 2. The first-order valence-electron chi connectivity index (χ1n) is 9.44. The molecule has 0 N–H and O–H groups in total. The van der Waals surface area contributed by atoms with Crippen molar-refractivity contribution in [2.75, 3.05) is 36.5 Å². The summed E-state index contributed by atoms with van der Waals surface area (Å²) in [4.78, 5) is 41.1. The lowest BCUT2D eigenvalue weighted by Crippen LogP contribution is -2.38. The van der Waals surface area contributed by atoms with E-state index in [1.54, 1.807) is 35.7 Å². The van der Waals surface area contributed by atoms with Gasteiger partial charge in [-0.05, 0) is 30.7 Å².